The molecule has 16 nitrogen and oxygen atoms in total. The van der Waals surface area contributed by atoms with Crippen LogP contribution in [0.25, 0.3) is 11.4 Å². The summed E-state index contributed by atoms with van der Waals surface area (Å²) in [4.78, 5) is 78.9. The van der Waals surface area contributed by atoms with E-state index in [1.807, 2.05) is 12.2 Å². The molecule has 272 valence electrons. The molecule has 2 N–H and O–H groups in total. The van der Waals surface area contributed by atoms with Crippen LogP contribution >= 0.6 is 0 Å². The van der Waals surface area contributed by atoms with E-state index >= 15 is 0 Å². The Bertz CT molecular complexity index is 1830. The number of esters is 1. The molecule has 3 amide bonds. The fourth-order valence-electron chi connectivity index (χ4n) is 6.88. The Morgan fingerprint density at radius 1 is 1.06 bits per heavy atom. The van der Waals surface area contributed by atoms with Gasteiger partial charge in [-0.3, -0.25) is 19.0 Å². The maximum Gasteiger partial charge on any atom is 0.408 e. The third kappa shape index (κ3) is 7.59. The Labute approximate surface area is 295 Å². The first-order valence-corrected chi connectivity index (χ1v) is 17.5. The van der Waals surface area contributed by atoms with E-state index in [2.05, 4.69) is 25.7 Å². The average Bonchev–Trinajstić information content (AvgIpc) is 3.60. The van der Waals surface area contributed by atoms with Crippen molar-refractivity contribution in [3.63, 3.8) is 0 Å². The molecule has 16 heteroatoms. The van der Waals surface area contributed by atoms with Crippen molar-refractivity contribution in [2.24, 2.45) is 5.92 Å². The number of aromatic nitrogens is 6. The molecule has 1 unspecified atom stereocenters. The molecule has 1 saturated heterocycles. The number of hydrogen-bond acceptors (Lipinski definition) is 10. The third-order valence-corrected chi connectivity index (χ3v) is 9.44. The lowest BCUT2D eigenvalue weighted by Gasteiger charge is -2.30. The zero-order chi connectivity index (χ0) is 36.3. The van der Waals surface area contributed by atoms with Gasteiger partial charge in [-0.15, -0.1) is 0 Å². The molecular weight excluding hydrogens is 658 g/mol. The van der Waals surface area contributed by atoms with Crippen molar-refractivity contribution in [3.8, 4) is 11.4 Å². The summed E-state index contributed by atoms with van der Waals surface area (Å²) >= 11 is 0. The van der Waals surface area contributed by atoms with E-state index < -0.39 is 58.7 Å². The van der Waals surface area contributed by atoms with Crippen LogP contribution in [0.3, 0.4) is 0 Å². The summed E-state index contributed by atoms with van der Waals surface area (Å²) in [5, 5.41) is 10.2. The summed E-state index contributed by atoms with van der Waals surface area (Å²) in [6.07, 6.45) is 18.0. The van der Waals surface area contributed by atoms with Gasteiger partial charge in [-0.25, -0.2) is 24.2 Å². The van der Waals surface area contributed by atoms with Gasteiger partial charge in [-0.2, -0.15) is 5.10 Å². The first-order chi connectivity index (χ1) is 24.4. The number of fused-ring (bicyclic) bond motifs is 2. The lowest BCUT2D eigenvalue weighted by atomic mass is 10.0. The van der Waals surface area contributed by atoms with Gasteiger partial charge in [0.25, 0.3) is 5.56 Å². The molecule has 5 heterocycles. The second kappa shape index (κ2) is 14.5. The maximum atomic E-state index is 14.5. The second-order valence-corrected chi connectivity index (χ2v) is 14.2. The van der Waals surface area contributed by atoms with E-state index in [1.165, 1.54) is 22.1 Å². The van der Waals surface area contributed by atoms with E-state index in [4.69, 9.17) is 9.47 Å². The Hall–Kier alpha value is -5.28. The van der Waals surface area contributed by atoms with Gasteiger partial charge in [-0.05, 0) is 53.4 Å². The molecule has 51 heavy (non-hydrogen) atoms. The maximum absolute atomic E-state index is 14.5. The van der Waals surface area contributed by atoms with Crippen molar-refractivity contribution in [1.29, 1.82) is 0 Å². The highest BCUT2D eigenvalue weighted by atomic mass is 16.6. The fourth-order valence-corrected chi connectivity index (χ4v) is 6.88. The summed E-state index contributed by atoms with van der Waals surface area (Å²) in [5.74, 6) is -1.84. The van der Waals surface area contributed by atoms with Gasteiger partial charge in [0, 0.05) is 43.7 Å². The molecule has 1 saturated carbocycles. The summed E-state index contributed by atoms with van der Waals surface area (Å²) < 4.78 is 15.4. The number of rotatable bonds is 6. The lowest BCUT2D eigenvalue weighted by Crippen LogP contribution is -2.56. The third-order valence-electron chi connectivity index (χ3n) is 9.44. The van der Waals surface area contributed by atoms with Gasteiger partial charge in [0.1, 0.15) is 28.9 Å². The van der Waals surface area contributed by atoms with Crippen LogP contribution in [-0.2, 0) is 23.9 Å². The largest absolute Gasteiger partial charge is 0.464 e. The first kappa shape index (κ1) is 35.5. The molecule has 1 aliphatic carbocycles. The molecule has 0 radical (unpaired) electrons. The molecule has 5 atom stereocenters. The van der Waals surface area contributed by atoms with Crippen LogP contribution < -0.4 is 16.2 Å². The second-order valence-electron chi connectivity index (χ2n) is 14.2. The highest BCUT2D eigenvalue weighted by molar-refractivity contribution is 5.96. The van der Waals surface area contributed by atoms with Crippen molar-refractivity contribution in [3.05, 3.63) is 66.1 Å². The predicted molar refractivity (Wildman–Crippen MR) is 183 cm³/mol. The van der Waals surface area contributed by atoms with Crippen molar-refractivity contribution < 1.29 is 28.7 Å². The summed E-state index contributed by atoms with van der Waals surface area (Å²) in [6.45, 7) is 6.99. The highest BCUT2D eigenvalue weighted by Crippen LogP contribution is 2.46. The number of hydrogen-bond donors (Lipinski definition) is 2. The van der Waals surface area contributed by atoms with Crippen LogP contribution in [0.4, 0.5) is 4.79 Å². The van der Waals surface area contributed by atoms with Crippen LogP contribution in [0.2, 0.25) is 0 Å². The Morgan fingerprint density at radius 2 is 1.80 bits per heavy atom. The van der Waals surface area contributed by atoms with Gasteiger partial charge in [0.2, 0.25) is 11.8 Å². The fraction of sp³-hybridized carbons (Fsp3) is 0.543. The molecule has 2 aliphatic heterocycles. The number of carbonyl (C=O) groups is 4. The number of carbonyl (C=O) groups excluding carboxylic acids is 4. The van der Waals surface area contributed by atoms with E-state index in [9.17, 15) is 24.0 Å². The Balaban J connectivity index is 1.38. The smallest absolute Gasteiger partial charge is 0.408 e. The van der Waals surface area contributed by atoms with Gasteiger partial charge in [-0.1, -0.05) is 25.0 Å². The van der Waals surface area contributed by atoms with Crippen LogP contribution in [0, 0.1) is 5.92 Å². The summed E-state index contributed by atoms with van der Waals surface area (Å²) in [7, 11) is 0. The SMILES string of the molecule is CCOC(=O)[C@@]12CC1/C=C\CCCCC[C@H](NC(=O)OC(C)(C)C)C(=O)N1C[C@H](n3ncc(-n4ccnc4)c(-n4ccnc4)c3=O)C[C@H]1C(=O)N2. The zero-order valence-corrected chi connectivity index (χ0v) is 29.4. The van der Waals surface area contributed by atoms with Crippen molar-refractivity contribution in [1.82, 2.24) is 44.4 Å². The molecular formula is C35H45N9O7. The van der Waals surface area contributed by atoms with E-state index in [-0.39, 0.29) is 31.2 Å². The molecule has 0 spiro atoms. The molecule has 6 rings (SSSR count). The molecule has 0 aromatic carbocycles. The molecule has 3 aromatic rings. The minimum absolute atomic E-state index is 0.0246. The van der Waals surface area contributed by atoms with Gasteiger partial charge < -0.3 is 29.6 Å². The molecule has 0 bridgehead atoms. The van der Waals surface area contributed by atoms with Crippen LogP contribution in [0.15, 0.2) is 60.6 Å². The van der Waals surface area contributed by atoms with E-state index in [0.29, 0.717) is 24.9 Å². The topological polar surface area (TPSA) is 185 Å². The minimum atomic E-state index is -1.26. The quantitative estimate of drug-likeness (QED) is 0.286. The Kier molecular flexibility index (Phi) is 10.1. The Morgan fingerprint density at radius 3 is 2.49 bits per heavy atom. The summed E-state index contributed by atoms with van der Waals surface area (Å²) in [6, 6.07) is -2.83. The number of imidazole rings is 2. The normalized spacial score (nSPS) is 26.2. The lowest BCUT2D eigenvalue weighted by molar-refractivity contribution is -0.150. The molecule has 2 fully saturated rings. The van der Waals surface area contributed by atoms with E-state index in [0.717, 1.165) is 19.3 Å². The molecule has 3 aliphatic rings. The summed E-state index contributed by atoms with van der Waals surface area (Å²) in [5.41, 5.74) is -1.83. The molecule has 3 aromatic heterocycles. The number of nitrogens with zero attached hydrogens (tertiary/aromatic N) is 7. The minimum Gasteiger partial charge on any atom is -0.464 e. The van der Waals surface area contributed by atoms with Gasteiger partial charge in [0.05, 0.1) is 37.2 Å². The van der Waals surface area contributed by atoms with Crippen LogP contribution in [0.1, 0.15) is 78.7 Å². The zero-order valence-electron chi connectivity index (χ0n) is 29.4. The number of amides is 3. The number of ether oxygens (including phenoxy) is 2. The van der Waals surface area contributed by atoms with Crippen molar-refractivity contribution >= 4 is 23.9 Å². The van der Waals surface area contributed by atoms with Crippen LogP contribution in [-0.4, -0.2) is 94.0 Å². The van der Waals surface area contributed by atoms with Crippen molar-refractivity contribution in [2.45, 2.75) is 102 Å². The monoisotopic (exact) mass is 703 g/mol. The standard InChI is InChI=1S/C35H45N9O7/c1-5-50-32(48)35-18-23(35)11-9-7-6-8-10-12-25(39-33(49)51-34(2,3)4)30(46)43-20-24(17-26(43)29(45)40-35)44-31(47)28(42-16-14-37-22-42)27(19-38-44)41-15-13-36-21-41/h9,11,13-16,19,21-26H,5-8,10,12,17-18,20H2,1-4H3,(H,39,49)(H,40,45)/b11-9-/t23?,24-,25+,26+,35-/m1/s1. The number of alkyl carbamates (subject to hydrolysis) is 1. The van der Waals surface area contributed by atoms with Gasteiger partial charge in [0.15, 0.2) is 0 Å². The predicted octanol–water partition coefficient (Wildman–Crippen LogP) is 2.61. The van der Waals surface area contributed by atoms with E-state index in [1.54, 1.807) is 67.9 Å². The number of allylic oxidation sites excluding steroid dienone is 1. The average molecular weight is 704 g/mol. The van der Waals surface area contributed by atoms with Crippen molar-refractivity contribution in [2.75, 3.05) is 13.2 Å². The first-order valence-electron chi connectivity index (χ1n) is 17.5. The highest BCUT2D eigenvalue weighted by Gasteiger charge is 2.62. The van der Waals surface area contributed by atoms with Crippen LogP contribution in [0.5, 0.6) is 0 Å². The number of nitrogens with one attached hydrogen (secondary N) is 2. The van der Waals surface area contributed by atoms with Gasteiger partial charge >= 0.3 is 12.1 Å².